The summed E-state index contributed by atoms with van der Waals surface area (Å²) in [6.45, 7) is 0.622. The number of hydrogen-bond donors (Lipinski definition) is 1. The van der Waals surface area contributed by atoms with Crippen molar-refractivity contribution in [3.05, 3.63) is 28.7 Å². The van der Waals surface area contributed by atoms with Crippen LogP contribution in [-0.2, 0) is 13.5 Å². The minimum atomic E-state index is 0.622. The summed E-state index contributed by atoms with van der Waals surface area (Å²) in [6.07, 6.45) is 2.58. The fourth-order valence-corrected chi connectivity index (χ4v) is 2.70. The van der Waals surface area contributed by atoms with Gasteiger partial charge in [0.25, 0.3) is 0 Å². The molecule has 3 rings (SSSR count). The Labute approximate surface area is 108 Å². The van der Waals surface area contributed by atoms with Crippen LogP contribution in [0.3, 0.4) is 0 Å². The molecule has 5 nitrogen and oxygen atoms in total. The van der Waals surface area contributed by atoms with E-state index in [4.69, 9.17) is 5.73 Å². The zero-order chi connectivity index (χ0) is 12.5. The number of rotatable bonds is 3. The second kappa shape index (κ2) is 4.47. The zero-order valence-electron chi connectivity index (χ0n) is 10.00. The smallest absolute Gasteiger partial charge is 0.161 e. The van der Waals surface area contributed by atoms with E-state index in [2.05, 4.69) is 15.0 Å². The maximum Gasteiger partial charge on any atom is 0.161 e. The average molecular weight is 259 g/mol. The van der Waals surface area contributed by atoms with Gasteiger partial charge in [0.05, 0.1) is 5.01 Å². The van der Waals surface area contributed by atoms with E-state index in [1.165, 1.54) is 0 Å². The monoisotopic (exact) mass is 259 g/mol. The van der Waals surface area contributed by atoms with Crippen LogP contribution in [0.15, 0.2) is 23.7 Å². The molecule has 3 heterocycles. The maximum absolute atomic E-state index is 5.54. The summed E-state index contributed by atoms with van der Waals surface area (Å²) >= 11 is 1.62. The third-order valence-corrected chi connectivity index (χ3v) is 3.68. The molecule has 92 valence electrons. The van der Waals surface area contributed by atoms with Crippen molar-refractivity contribution < 1.29 is 0 Å². The number of fused-ring (bicyclic) bond motifs is 1. The van der Waals surface area contributed by atoms with Crippen LogP contribution in [0.4, 0.5) is 0 Å². The van der Waals surface area contributed by atoms with Gasteiger partial charge >= 0.3 is 0 Å². The molecule has 0 spiro atoms. The normalized spacial score (nSPS) is 11.2. The summed E-state index contributed by atoms with van der Waals surface area (Å²) in [7, 11) is 1.96. The summed E-state index contributed by atoms with van der Waals surface area (Å²) < 4.78 is 1.97. The SMILES string of the molecule is Cn1c(-c2csc(CCN)n2)nc2cccnc21. The Morgan fingerprint density at radius 3 is 3.06 bits per heavy atom. The number of pyridine rings is 1. The summed E-state index contributed by atoms with van der Waals surface area (Å²) in [5.74, 6) is 0.850. The van der Waals surface area contributed by atoms with Crippen LogP contribution in [0.1, 0.15) is 5.01 Å². The van der Waals surface area contributed by atoms with Gasteiger partial charge in [0, 0.05) is 25.0 Å². The summed E-state index contributed by atoms with van der Waals surface area (Å²) in [5.41, 5.74) is 8.20. The number of aromatic nitrogens is 4. The lowest BCUT2D eigenvalue weighted by molar-refractivity contribution is 0.923. The molecule has 0 radical (unpaired) electrons. The maximum atomic E-state index is 5.54. The molecule has 2 N–H and O–H groups in total. The van der Waals surface area contributed by atoms with Gasteiger partial charge in [-0.3, -0.25) is 0 Å². The number of hydrogen-bond acceptors (Lipinski definition) is 5. The number of nitrogens with zero attached hydrogens (tertiary/aromatic N) is 4. The van der Waals surface area contributed by atoms with Crippen LogP contribution in [0, 0.1) is 0 Å². The predicted octanol–water partition coefficient (Wildman–Crippen LogP) is 1.59. The van der Waals surface area contributed by atoms with Gasteiger partial charge in [0.1, 0.15) is 11.2 Å². The second-order valence-electron chi connectivity index (χ2n) is 4.01. The lowest BCUT2D eigenvalue weighted by Crippen LogP contribution is -2.02. The highest BCUT2D eigenvalue weighted by Crippen LogP contribution is 2.23. The molecule has 0 fully saturated rings. The van der Waals surface area contributed by atoms with Gasteiger partial charge < -0.3 is 10.3 Å². The Balaban J connectivity index is 2.10. The van der Waals surface area contributed by atoms with Gasteiger partial charge in [-0.05, 0) is 18.7 Å². The fourth-order valence-electron chi connectivity index (χ4n) is 1.90. The van der Waals surface area contributed by atoms with Gasteiger partial charge in [-0.15, -0.1) is 11.3 Å². The van der Waals surface area contributed by atoms with Crippen molar-refractivity contribution in [1.29, 1.82) is 0 Å². The van der Waals surface area contributed by atoms with E-state index in [1.54, 1.807) is 17.5 Å². The first-order valence-corrected chi connectivity index (χ1v) is 6.60. The molecule has 0 bridgehead atoms. The summed E-state index contributed by atoms with van der Waals surface area (Å²) in [5, 5.41) is 3.07. The Kier molecular flexibility index (Phi) is 2.81. The number of aryl methyl sites for hydroxylation is 1. The van der Waals surface area contributed by atoms with Gasteiger partial charge in [0.2, 0.25) is 0 Å². The molecule has 6 heteroatoms. The number of thiazole rings is 1. The molecule has 0 atom stereocenters. The van der Waals surface area contributed by atoms with Gasteiger partial charge in [-0.25, -0.2) is 15.0 Å². The van der Waals surface area contributed by atoms with E-state index < -0.39 is 0 Å². The molecule has 0 aliphatic rings. The molecule has 0 amide bonds. The molecule has 0 saturated carbocycles. The van der Waals surface area contributed by atoms with Crippen molar-refractivity contribution in [2.24, 2.45) is 12.8 Å². The van der Waals surface area contributed by atoms with E-state index in [1.807, 2.05) is 29.1 Å². The van der Waals surface area contributed by atoms with Crippen molar-refractivity contribution in [2.75, 3.05) is 6.54 Å². The third kappa shape index (κ3) is 1.79. The van der Waals surface area contributed by atoms with Crippen molar-refractivity contribution >= 4 is 22.5 Å². The van der Waals surface area contributed by atoms with Crippen molar-refractivity contribution in [3.8, 4) is 11.5 Å². The lowest BCUT2D eigenvalue weighted by atomic mass is 10.4. The Hall–Kier alpha value is -1.79. The quantitative estimate of drug-likeness (QED) is 0.775. The number of nitrogens with two attached hydrogens (primary N) is 1. The Bertz CT molecular complexity index is 685. The van der Waals surface area contributed by atoms with Crippen LogP contribution in [0.5, 0.6) is 0 Å². The molecule has 0 aliphatic carbocycles. The average Bonchev–Trinajstić information content (AvgIpc) is 2.96. The molecule has 3 aromatic heterocycles. The third-order valence-electron chi connectivity index (χ3n) is 2.77. The van der Waals surface area contributed by atoms with Gasteiger partial charge in [-0.1, -0.05) is 0 Å². The van der Waals surface area contributed by atoms with Crippen LogP contribution < -0.4 is 5.73 Å². The number of imidazole rings is 1. The molecule has 0 aliphatic heterocycles. The van der Waals surface area contributed by atoms with Gasteiger partial charge in [-0.2, -0.15) is 0 Å². The van der Waals surface area contributed by atoms with Crippen molar-refractivity contribution in [2.45, 2.75) is 6.42 Å². The Morgan fingerprint density at radius 1 is 1.39 bits per heavy atom. The molecular formula is C12H13N5S. The van der Waals surface area contributed by atoms with Crippen LogP contribution in [0.2, 0.25) is 0 Å². The fraction of sp³-hybridized carbons (Fsp3) is 0.250. The van der Waals surface area contributed by atoms with E-state index in [0.717, 1.165) is 34.1 Å². The van der Waals surface area contributed by atoms with E-state index in [-0.39, 0.29) is 0 Å². The minimum absolute atomic E-state index is 0.622. The minimum Gasteiger partial charge on any atom is -0.330 e. The lowest BCUT2D eigenvalue weighted by Gasteiger charge is -1.97. The molecule has 0 unspecified atom stereocenters. The standard InChI is InChI=1S/C12H13N5S/c1-17-11-8(3-2-6-14-11)16-12(17)9-7-18-10(15-9)4-5-13/h2-3,6-7H,4-5,13H2,1H3. The Morgan fingerprint density at radius 2 is 2.28 bits per heavy atom. The van der Waals surface area contributed by atoms with Gasteiger partial charge in [0.15, 0.2) is 11.5 Å². The van der Waals surface area contributed by atoms with Crippen molar-refractivity contribution in [1.82, 2.24) is 19.5 Å². The van der Waals surface area contributed by atoms with Crippen LogP contribution in [0.25, 0.3) is 22.7 Å². The topological polar surface area (TPSA) is 69.6 Å². The highest BCUT2D eigenvalue weighted by molar-refractivity contribution is 7.09. The van der Waals surface area contributed by atoms with E-state index in [0.29, 0.717) is 6.54 Å². The molecule has 3 aromatic rings. The summed E-state index contributed by atoms with van der Waals surface area (Å²) in [6, 6.07) is 3.85. The largest absolute Gasteiger partial charge is 0.330 e. The first-order valence-electron chi connectivity index (χ1n) is 5.72. The predicted molar refractivity (Wildman–Crippen MR) is 72.4 cm³/mol. The van der Waals surface area contributed by atoms with E-state index >= 15 is 0 Å². The highest BCUT2D eigenvalue weighted by atomic mass is 32.1. The summed E-state index contributed by atoms with van der Waals surface area (Å²) in [4.78, 5) is 13.4. The van der Waals surface area contributed by atoms with E-state index in [9.17, 15) is 0 Å². The molecule has 0 saturated heterocycles. The first-order chi connectivity index (χ1) is 8.79. The highest BCUT2D eigenvalue weighted by Gasteiger charge is 2.13. The first kappa shape index (κ1) is 11.3. The molecule has 0 aromatic carbocycles. The zero-order valence-corrected chi connectivity index (χ0v) is 10.8. The van der Waals surface area contributed by atoms with Crippen LogP contribution >= 0.6 is 11.3 Å². The second-order valence-corrected chi connectivity index (χ2v) is 4.95. The molecule has 18 heavy (non-hydrogen) atoms. The molecular weight excluding hydrogens is 246 g/mol. The van der Waals surface area contributed by atoms with Crippen LogP contribution in [-0.4, -0.2) is 26.1 Å². The van der Waals surface area contributed by atoms with Crippen molar-refractivity contribution in [3.63, 3.8) is 0 Å².